The van der Waals surface area contributed by atoms with E-state index in [1.165, 1.54) is 0 Å². The number of likely N-dealkylation sites (N-methyl/N-ethyl adjacent to an activating group) is 1. The monoisotopic (exact) mass is 276 g/mol. The Morgan fingerprint density at radius 1 is 1.20 bits per heavy atom. The van der Waals surface area contributed by atoms with Crippen LogP contribution in [-0.2, 0) is 6.54 Å². The minimum absolute atomic E-state index is 0.674. The van der Waals surface area contributed by atoms with Gasteiger partial charge in [-0.15, -0.1) is 0 Å². The van der Waals surface area contributed by atoms with E-state index in [-0.39, 0.29) is 0 Å². The van der Waals surface area contributed by atoms with Crippen LogP contribution in [0.2, 0.25) is 0 Å². The van der Waals surface area contributed by atoms with Crippen molar-refractivity contribution >= 4 is 16.8 Å². The Morgan fingerprint density at radius 3 is 2.65 bits per heavy atom. The van der Waals surface area contributed by atoms with Gasteiger partial charge < -0.3 is 15.1 Å². The zero-order valence-corrected chi connectivity index (χ0v) is 12.6. The van der Waals surface area contributed by atoms with Crippen LogP contribution in [0.5, 0.6) is 0 Å². The molecular formula is C15H24N4O. The van der Waals surface area contributed by atoms with Crippen LogP contribution in [0.1, 0.15) is 19.2 Å². The van der Waals surface area contributed by atoms with Gasteiger partial charge in [-0.2, -0.15) is 0 Å². The largest absolute Gasteiger partial charge is 0.439 e. The Morgan fingerprint density at radius 2 is 2.00 bits per heavy atom. The molecule has 0 aliphatic carbocycles. The number of para-hydroxylation sites is 1. The van der Waals surface area contributed by atoms with E-state index in [4.69, 9.17) is 10.2 Å². The van der Waals surface area contributed by atoms with Crippen molar-refractivity contribution in [1.29, 1.82) is 0 Å². The molecule has 5 nitrogen and oxygen atoms in total. The van der Waals surface area contributed by atoms with Crippen LogP contribution >= 0.6 is 0 Å². The van der Waals surface area contributed by atoms with Gasteiger partial charge in [0.2, 0.25) is 5.89 Å². The molecule has 0 unspecified atom stereocenters. The fraction of sp³-hybridized carbons (Fsp3) is 0.533. The summed E-state index contributed by atoms with van der Waals surface area (Å²) in [6.07, 6.45) is 1.12. The first-order valence-corrected chi connectivity index (χ1v) is 7.11. The summed E-state index contributed by atoms with van der Waals surface area (Å²) in [4.78, 5) is 9.06. The Balaban J connectivity index is 2.09. The maximum Gasteiger partial charge on any atom is 0.209 e. The number of nitrogens with two attached hydrogens (primary N) is 1. The van der Waals surface area contributed by atoms with Gasteiger partial charge >= 0.3 is 0 Å². The van der Waals surface area contributed by atoms with Crippen LogP contribution < -0.4 is 5.73 Å². The van der Waals surface area contributed by atoms with E-state index in [1.54, 1.807) is 0 Å². The first kappa shape index (κ1) is 14.8. The Labute approximate surface area is 120 Å². The molecule has 1 aromatic carbocycles. The van der Waals surface area contributed by atoms with Gasteiger partial charge in [0.25, 0.3) is 0 Å². The number of nitrogens with zero attached hydrogens (tertiary/aromatic N) is 3. The lowest BCUT2D eigenvalue weighted by atomic mass is 10.3. The number of oxazole rings is 1. The summed E-state index contributed by atoms with van der Waals surface area (Å²) in [7, 11) is 4.18. The quantitative estimate of drug-likeness (QED) is 0.786. The molecule has 0 saturated carbocycles. The SMILES string of the molecule is CCCN(CCN(C)C)Cc1nc2c(N)cccc2o1. The Hall–Kier alpha value is -1.59. The van der Waals surface area contributed by atoms with E-state index < -0.39 is 0 Å². The second-order valence-electron chi connectivity index (χ2n) is 5.38. The maximum atomic E-state index is 5.91. The molecule has 2 aromatic rings. The Kier molecular flexibility index (Phi) is 4.98. The van der Waals surface area contributed by atoms with Gasteiger partial charge in [0.1, 0.15) is 5.52 Å². The van der Waals surface area contributed by atoms with Gasteiger partial charge in [-0.05, 0) is 39.2 Å². The van der Waals surface area contributed by atoms with E-state index in [1.807, 2.05) is 18.2 Å². The van der Waals surface area contributed by atoms with Crippen molar-refractivity contribution in [2.45, 2.75) is 19.9 Å². The number of benzene rings is 1. The van der Waals surface area contributed by atoms with E-state index >= 15 is 0 Å². The number of hydrogen-bond donors (Lipinski definition) is 1. The first-order valence-electron chi connectivity index (χ1n) is 7.11. The number of nitrogen functional groups attached to an aromatic ring is 1. The van der Waals surface area contributed by atoms with Crippen molar-refractivity contribution in [1.82, 2.24) is 14.8 Å². The van der Waals surface area contributed by atoms with Gasteiger partial charge in [0.15, 0.2) is 5.58 Å². The van der Waals surface area contributed by atoms with Crippen molar-refractivity contribution in [3.63, 3.8) is 0 Å². The van der Waals surface area contributed by atoms with Crippen LogP contribution in [0, 0.1) is 0 Å². The molecule has 1 aromatic heterocycles. The molecule has 0 atom stereocenters. The van der Waals surface area contributed by atoms with Crippen molar-refractivity contribution in [3.8, 4) is 0 Å². The molecule has 0 spiro atoms. The van der Waals surface area contributed by atoms with Crippen molar-refractivity contribution in [2.24, 2.45) is 0 Å². The molecule has 110 valence electrons. The summed E-state index contributed by atoms with van der Waals surface area (Å²) >= 11 is 0. The van der Waals surface area contributed by atoms with Crippen LogP contribution in [0.25, 0.3) is 11.1 Å². The zero-order valence-electron chi connectivity index (χ0n) is 12.6. The third-order valence-corrected chi connectivity index (χ3v) is 3.26. The van der Waals surface area contributed by atoms with Gasteiger partial charge in [-0.1, -0.05) is 13.0 Å². The zero-order chi connectivity index (χ0) is 14.5. The van der Waals surface area contributed by atoms with Gasteiger partial charge in [-0.3, -0.25) is 4.90 Å². The standard InChI is InChI=1S/C15H24N4O/c1-4-8-19(10-9-18(2)3)11-14-17-15-12(16)6-5-7-13(15)20-14/h5-7H,4,8-11,16H2,1-3H3. The molecule has 0 saturated heterocycles. The lowest BCUT2D eigenvalue weighted by molar-refractivity contribution is 0.216. The fourth-order valence-corrected chi connectivity index (χ4v) is 2.20. The van der Waals surface area contributed by atoms with E-state index in [2.05, 4.69) is 35.8 Å². The highest BCUT2D eigenvalue weighted by Gasteiger charge is 2.12. The highest BCUT2D eigenvalue weighted by atomic mass is 16.3. The first-order chi connectivity index (χ1) is 9.60. The number of fused-ring (bicyclic) bond motifs is 1. The number of rotatable bonds is 7. The normalized spacial score (nSPS) is 11.8. The molecular weight excluding hydrogens is 252 g/mol. The highest BCUT2D eigenvalue weighted by molar-refractivity contribution is 5.85. The van der Waals surface area contributed by atoms with Crippen molar-refractivity contribution in [2.75, 3.05) is 39.5 Å². The number of hydrogen-bond acceptors (Lipinski definition) is 5. The lowest BCUT2D eigenvalue weighted by Crippen LogP contribution is -2.32. The third kappa shape index (κ3) is 3.71. The summed E-state index contributed by atoms with van der Waals surface area (Å²) < 4.78 is 5.79. The summed E-state index contributed by atoms with van der Waals surface area (Å²) in [6.45, 7) is 6.00. The maximum absolute atomic E-state index is 5.91. The van der Waals surface area contributed by atoms with Crippen LogP contribution in [-0.4, -0.2) is 48.5 Å². The van der Waals surface area contributed by atoms with E-state index in [0.717, 1.165) is 49.6 Å². The average molecular weight is 276 g/mol. The molecule has 2 rings (SSSR count). The second-order valence-corrected chi connectivity index (χ2v) is 5.38. The molecule has 0 radical (unpaired) electrons. The lowest BCUT2D eigenvalue weighted by Gasteiger charge is -2.21. The molecule has 1 heterocycles. The molecule has 0 aliphatic heterocycles. The molecule has 5 heteroatoms. The van der Waals surface area contributed by atoms with Gasteiger partial charge in [-0.25, -0.2) is 4.98 Å². The average Bonchev–Trinajstić information content (AvgIpc) is 2.80. The second kappa shape index (κ2) is 6.72. The highest BCUT2D eigenvalue weighted by Crippen LogP contribution is 2.21. The van der Waals surface area contributed by atoms with Gasteiger partial charge in [0.05, 0.1) is 12.2 Å². The summed E-state index contributed by atoms with van der Waals surface area (Å²) in [5.74, 6) is 0.741. The van der Waals surface area contributed by atoms with Crippen LogP contribution in [0.4, 0.5) is 5.69 Å². The molecule has 0 aliphatic rings. The van der Waals surface area contributed by atoms with Crippen molar-refractivity contribution < 1.29 is 4.42 Å². The third-order valence-electron chi connectivity index (χ3n) is 3.26. The number of anilines is 1. The predicted molar refractivity (Wildman–Crippen MR) is 82.5 cm³/mol. The van der Waals surface area contributed by atoms with Gasteiger partial charge in [0, 0.05) is 13.1 Å². The minimum atomic E-state index is 0.674. The molecule has 20 heavy (non-hydrogen) atoms. The van der Waals surface area contributed by atoms with Crippen molar-refractivity contribution in [3.05, 3.63) is 24.1 Å². The molecule has 0 bridgehead atoms. The molecule has 0 amide bonds. The molecule has 0 fully saturated rings. The Bertz CT molecular complexity index is 550. The number of aromatic nitrogens is 1. The smallest absolute Gasteiger partial charge is 0.209 e. The molecule has 2 N–H and O–H groups in total. The summed E-state index contributed by atoms with van der Waals surface area (Å²) in [5.41, 5.74) is 8.13. The van der Waals surface area contributed by atoms with E-state index in [9.17, 15) is 0 Å². The van der Waals surface area contributed by atoms with Crippen LogP contribution in [0.3, 0.4) is 0 Å². The van der Waals surface area contributed by atoms with E-state index in [0.29, 0.717) is 5.69 Å². The fourth-order valence-electron chi connectivity index (χ4n) is 2.20. The predicted octanol–water partition coefficient (Wildman–Crippen LogP) is 2.18. The van der Waals surface area contributed by atoms with Crippen LogP contribution in [0.15, 0.2) is 22.6 Å². The topological polar surface area (TPSA) is 58.5 Å². The summed E-state index contributed by atoms with van der Waals surface area (Å²) in [5, 5.41) is 0. The minimum Gasteiger partial charge on any atom is -0.439 e. The summed E-state index contributed by atoms with van der Waals surface area (Å²) in [6, 6.07) is 5.65.